The molecule has 1 aliphatic carbocycles. The summed E-state index contributed by atoms with van der Waals surface area (Å²) in [6.45, 7) is 0. The Morgan fingerprint density at radius 3 is 2.78 bits per heavy atom. The average molecular weight is 375 g/mol. The van der Waals surface area contributed by atoms with Crippen LogP contribution in [0, 0.1) is 20.8 Å². The van der Waals surface area contributed by atoms with Crippen LogP contribution < -0.4 is 5.32 Å². The van der Waals surface area contributed by atoms with Crippen molar-refractivity contribution in [3.63, 3.8) is 0 Å². The lowest BCUT2D eigenvalue weighted by atomic mass is 9.96. The second-order valence-electron chi connectivity index (χ2n) is 4.75. The summed E-state index contributed by atoms with van der Waals surface area (Å²) in [5, 5.41) is 13.5. The van der Waals surface area contributed by atoms with Gasteiger partial charge in [0.05, 0.1) is 22.7 Å². The molecule has 0 saturated heterocycles. The van der Waals surface area contributed by atoms with Crippen molar-refractivity contribution in [3.8, 4) is 6.07 Å². The smallest absolute Gasteiger partial charge is 0.0677 e. The number of nitrogens with zero attached hydrogens (tertiary/aromatic N) is 1. The third-order valence-corrected chi connectivity index (χ3v) is 4.44. The average Bonchev–Trinajstić information content (AvgIpc) is 2.57. The Hall–Kier alpha value is -0.470. The molecule has 0 aromatic heterocycles. The molecule has 0 bridgehead atoms. The number of halogens is 2. The molecule has 0 amide bonds. The zero-order chi connectivity index (χ0) is 13.0. The van der Waals surface area contributed by atoms with Gasteiger partial charge in [0.15, 0.2) is 0 Å². The molecule has 1 N–H and O–H groups in total. The minimum atomic E-state index is 0.0999. The van der Waals surface area contributed by atoms with Crippen LogP contribution >= 0.6 is 34.2 Å². The van der Waals surface area contributed by atoms with E-state index < -0.39 is 0 Å². The molecule has 1 aliphatic rings. The molecular weight excluding hydrogens is 359 g/mol. The van der Waals surface area contributed by atoms with Gasteiger partial charge in [0.1, 0.15) is 0 Å². The molecule has 18 heavy (non-hydrogen) atoms. The van der Waals surface area contributed by atoms with E-state index >= 15 is 0 Å². The van der Waals surface area contributed by atoms with E-state index in [2.05, 4.69) is 34.0 Å². The van der Waals surface area contributed by atoms with Crippen LogP contribution in [0.5, 0.6) is 0 Å². The fourth-order valence-corrected chi connectivity index (χ4v) is 3.35. The summed E-state index contributed by atoms with van der Waals surface area (Å²) in [7, 11) is 0. The molecule has 4 heteroatoms. The van der Waals surface area contributed by atoms with Gasteiger partial charge in [-0.25, -0.2) is 0 Å². The summed E-state index contributed by atoms with van der Waals surface area (Å²) >= 11 is 8.48. The number of rotatable bonds is 2. The van der Waals surface area contributed by atoms with E-state index in [1.807, 2.05) is 18.2 Å². The molecular formula is C14H16ClIN2. The zero-order valence-electron chi connectivity index (χ0n) is 10.1. The highest BCUT2D eigenvalue weighted by molar-refractivity contribution is 14.1. The summed E-state index contributed by atoms with van der Waals surface area (Å²) in [5.74, 6) is 0.0999. The van der Waals surface area contributed by atoms with Crippen molar-refractivity contribution < 1.29 is 0 Å². The van der Waals surface area contributed by atoms with Crippen molar-refractivity contribution in [1.29, 1.82) is 5.26 Å². The molecule has 2 unspecified atom stereocenters. The normalized spacial score (nSPS) is 24.1. The van der Waals surface area contributed by atoms with Crippen LogP contribution in [0.15, 0.2) is 18.2 Å². The summed E-state index contributed by atoms with van der Waals surface area (Å²) in [6, 6.07) is 8.65. The lowest BCUT2D eigenvalue weighted by Gasteiger charge is -2.22. The Balaban J connectivity index is 2.13. The molecule has 1 aromatic carbocycles. The first kappa shape index (κ1) is 14.0. The predicted molar refractivity (Wildman–Crippen MR) is 83.8 cm³/mol. The molecule has 1 aromatic rings. The van der Waals surface area contributed by atoms with Crippen LogP contribution in [-0.2, 0) is 0 Å². The van der Waals surface area contributed by atoms with E-state index in [0.29, 0.717) is 0 Å². The van der Waals surface area contributed by atoms with Crippen LogP contribution in [0.3, 0.4) is 0 Å². The van der Waals surface area contributed by atoms with E-state index in [-0.39, 0.29) is 12.0 Å². The minimum absolute atomic E-state index is 0.0999. The third-order valence-electron chi connectivity index (χ3n) is 3.45. The topological polar surface area (TPSA) is 35.8 Å². The monoisotopic (exact) mass is 374 g/mol. The zero-order valence-corrected chi connectivity index (χ0v) is 13.0. The first-order valence-electron chi connectivity index (χ1n) is 6.32. The molecule has 1 fully saturated rings. The second kappa shape index (κ2) is 6.63. The highest BCUT2D eigenvalue weighted by Gasteiger charge is 2.23. The van der Waals surface area contributed by atoms with Gasteiger partial charge in [-0.1, -0.05) is 30.9 Å². The number of nitrogens with one attached hydrogen (secondary N) is 1. The highest BCUT2D eigenvalue weighted by atomic mass is 127. The van der Waals surface area contributed by atoms with Crippen molar-refractivity contribution in [2.24, 2.45) is 5.92 Å². The van der Waals surface area contributed by atoms with Gasteiger partial charge in [-0.15, -0.1) is 0 Å². The number of benzene rings is 1. The Bertz CT molecular complexity index is 456. The Morgan fingerprint density at radius 1 is 1.28 bits per heavy atom. The lowest BCUT2D eigenvalue weighted by molar-refractivity contribution is 0.514. The molecule has 0 heterocycles. The van der Waals surface area contributed by atoms with Gasteiger partial charge in [-0.2, -0.15) is 5.26 Å². The van der Waals surface area contributed by atoms with Gasteiger partial charge in [-0.3, -0.25) is 0 Å². The molecule has 0 radical (unpaired) electrons. The summed E-state index contributed by atoms with van der Waals surface area (Å²) in [4.78, 5) is 0. The van der Waals surface area contributed by atoms with Crippen molar-refractivity contribution in [1.82, 2.24) is 0 Å². The fourth-order valence-electron chi connectivity index (χ4n) is 2.44. The Morgan fingerprint density at radius 2 is 2.06 bits per heavy atom. The van der Waals surface area contributed by atoms with E-state index in [0.717, 1.165) is 33.5 Å². The molecule has 0 spiro atoms. The van der Waals surface area contributed by atoms with E-state index in [4.69, 9.17) is 11.6 Å². The van der Waals surface area contributed by atoms with Crippen molar-refractivity contribution in [3.05, 3.63) is 26.8 Å². The number of nitriles is 1. The van der Waals surface area contributed by atoms with E-state index in [1.54, 1.807) is 0 Å². The van der Waals surface area contributed by atoms with Gasteiger partial charge in [0.2, 0.25) is 0 Å². The minimum Gasteiger partial charge on any atom is -0.380 e. The van der Waals surface area contributed by atoms with E-state index in [1.165, 1.54) is 12.8 Å². The molecule has 2 nitrogen and oxygen atoms in total. The van der Waals surface area contributed by atoms with Crippen molar-refractivity contribution in [2.75, 3.05) is 5.32 Å². The van der Waals surface area contributed by atoms with Gasteiger partial charge in [0.25, 0.3) is 0 Å². The third kappa shape index (κ3) is 3.52. The quantitative estimate of drug-likeness (QED) is 0.594. The van der Waals surface area contributed by atoms with Crippen LogP contribution in [0.1, 0.15) is 32.1 Å². The van der Waals surface area contributed by atoms with Gasteiger partial charge >= 0.3 is 0 Å². The lowest BCUT2D eigenvalue weighted by Crippen LogP contribution is -2.27. The predicted octanol–water partition coefficient (Wildman–Crippen LogP) is 4.83. The summed E-state index contributed by atoms with van der Waals surface area (Å²) in [5.41, 5.74) is 0.948. The largest absolute Gasteiger partial charge is 0.380 e. The summed E-state index contributed by atoms with van der Waals surface area (Å²) in [6.07, 6.45) is 5.64. The number of hydrogen-bond acceptors (Lipinski definition) is 2. The highest BCUT2D eigenvalue weighted by Crippen LogP contribution is 2.29. The SMILES string of the molecule is N#CC1CCCCCC1Nc1ccc(I)cc1Cl. The standard InChI is InChI=1S/C14H16ClIN2/c15-12-8-11(16)6-7-14(12)18-13-5-3-1-2-4-10(13)9-17/h6-8,10,13,18H,1-5H2. The molecule has 2 rings (SSSR count). The molecule has 96 valence electrons. The fraction of sp³-hybridized carbons (Fsp3) is 0.500. The molecule has 1 saturated carbocycles. The maximum atomic E-state index is 9.25. The van der Waals surface area contributed by atoms with Gasteiger partial charge in [0, 0.05) is 9.61 Å². The van der Waals surface area contributed by atoms with E-state index in [9.17, 15) is 5.26 Å². The molecule has 0 aliphatic heterocycles. The molecule has 2 atom stereocenters. The van der Waals surface area contributed by atoms with Crippen molar-refractivity contribution >= 4 is 39.9 Å². The Labute approximate surface area is 127 Å². The van der Waals surface area contributed by atoms with Crippen LogP contribution in [0.2, 0.25) is 5.02 Å². The van der Waals surface area contributed by atoms with Crippen LogP contribution in [-0.4, -0.2) is 6.04 Å². The maximum absolute atomic E-state index is 9.25. The number of anilines is 1. The van der Waals surface area contributed by atoms with Crippen LogP contribution in [0.4, 0.5) is 5.69 Å². The summed E-state index contributed by atoms with van der Waals surface area (Å²) < 4.78 is 1.13. The van der Waals surface area contributed by atoms with Crippen LogP contribution in [0.25, 0.3) is 0 Å². The first-order valence-corrected chi connectivity index (χ1v) is 7.77. The number of hydrogen-bond donors (Lipinski definition) is 1. The van der Waals surface area contributed by atoms with Gasteiger partial charge < -0.3 is 5.32 Å². The Kier molecular flexibility index (Phi) is 5.13. The second-order valence-corrected chi connectivity index (χ2v) is 6.40. The maximum Gasteiger partial charge on any atom is 0.0677 e. The van der Waals surface area contributed by atoms with Gasteiger partial charge in [-0.05, 0) is 53.6 Å². The van der Waals surface area contributed by atoms with Crippen molar-refractivity contribution in [2.45, 2.75) is 38.1 Å². The first-order chi connectivity index (χ1) is 8.70.